The lowest BCUT2D eigenvalue weighted by Gasteiger charge is -2.34. The summed E-state index contributed by atoms with van der Waals surface area (Å²) in [4.78, 5) is 18.3. The van der Waals surface area contributed by atoms with Gasteiger partial charge in [0.1, 0.15) is 14.3 Å². The molecule has 4 heterocycles. The summed E-state index contributed by atoms with van der Waals surface area (Å²) in [7, 11) is -7.17. The highest BCUT2D eigenvalue weighted by molar-refractivity contribution is 8.00. The van der Waals surface area contributed by atoms with Crippen molar-refractivity contribution < 1.29 is 18.0 Å². The third-order valence-corrected chi connectivity index (χ3v) is 10.5. The van der Waals surface area contributed by atoms with Crippen LogP contribution < -0.4 is 9.41 Å². The lowest BCUT2D eigenvalue weighted by Crippen LogP contribution is -2.44. The molecule has 0 radical (unpaired) electrons. The van der Waals surface area contributed by atoms with Gasteiger partial charge in [-0.25, -0.2) is 4.98 Å². The summed E-state index contributed by atoms with van der Waals surface area (Å²) >= 11 is 1.71. The van der Waals surface area contributed by atoms with Crippen molar-refractivity contribution in [2.24, 2.45) is 0 Å². The second-order valence-electron chi connectivity index (χ2n) is 13.6. The third-order valence-electron chi connectivity index (χ3n) is 5.32. The number of thioether (sulfide) groups is 1. The summed E-state index contributed by atoms with van der Waals surface area (Å²) in [5, 5.41) is 0.988. The number of aromatic nitrogens is 4. The Hall–Kier alpha value is -0.752. The SMILES string of the molecule is C[Si](C)(C)Nc1nc(O[Si](C)(C)C)c2nc3n(c2n1)C1OC(CO[Si](C)(C)C)C(S3)C1O[Si](C)(C)C. The molecule has 36 heavy (non-hydrogen) atoms. The fraction of sp³-hybridized carbons (Fsp3) is 0.773. The van der Waals surface area contributed by atoms with E-state index in [1.165, 1.54) is 0 Å². The van der Waals surface area contributed by atoms with Gasteiger partial charge >= 0.3 is 0 Å². The molecule has 9 nitrogen and oxygen atoms in total. The molecular weight excluding hydrogens is 543 g/mol. The Balaban J connectivity index is 1.81. The topological polar surface area (TPSA) is 92.6 Å². The number of fused-ring (bicyclic) bond motifs is 6. The van der Waals surface area contributed by atoms with Gasteiger partial charge in [0.25, 0.3) is 0 Å². The predicted octanol–water partition coefficient (Wildman–Crippen LogP) is 5.73. The number of nitrogens with zero attached hydrogens (tertiary/aromatic N) is 4. The smallest absolute Gasteiger partial charge is 0.244 e. The van der Waals surface area contributed by atoms with Crippen LogP contribution in [0.3, 0.4) is 0 Å². The van der Waals surface area contributed by atoms with Gasteiger partial charge in [0.15, 0.2) is 39.2 Å². The van der Waals surface area contributed by atoms with Crippen LogP contribution in [0.5, 0.6) is 5.88 Å². The van der Waals surface area contributed by atoms with Gasteiger partial charge in [0.2, 0.25) is 20.1 Å². The molecule has 2 aromatic rings. The molecule has 0 aliphatic carbocycles. The molecule has 2 aliphatic rings. The van der Waals surface area contributed by atoms with E-state index >= 15 is 0 Å². The molecule has 0 spiro atoms. The second kappa shape index (κ2) is 9.46. The Morgan fingerprint density at radius 1 is 0.889 bits per heavy atom. The van der Waals surface area contributed by atoms with Gasteiger partial charge in [-0.3, -0.25) is 4.57 Å². The molecule has 1 fully saturated rings. The van der Waals surface area contributed by atoms with Crippen LogP contribution in [0, 0.1) is 0 Å². The van der Waals surface area contributed by atoms with Crippen LogP contribution in [0.25, 0.3) is 11.2 Å². The largest absolute Gasteiger partial charge is 0.530 e. The van der Waals surface area contributed by atoms with Crippen molar-refractivity contribution in [3.63, 3.8) is 0 Å². The maximum Gasteiger partial charge on any atom is 0.244 e. The molecule has 0 aromatic carbocycles. The first-order valence-corrected chi connectivity index (χ1v) is 27.3. The quantitative estimate of drug-likeness (QED) is 0.370. The fourth-order valence-corrected chi connectivity index (χ4v) is 8.83. The molecule has 4 atom stereocenters. The lowest BCUT2D eigenvalue weighted by atomic mass is 10.2. The van der Waals surface area contributed by atoms with Gasteiger partial charge in [-0.05, 0) is 58.9 Å². The van der Waals surface area contributed by atoms with E-state index in [4.69, 9.17) is 33.0 Å². The molecule has 2 bridgehead atoms. The standard InChI is InChI=1S/C22H43N5O4SSi4/c1-33(2,3)26-21-24-18-15(19(25-21)31-36(10,11)12)23-22-27(18)20-16(30-35(7,8)9)17(32-22)14(29-20)13-28-34(4,5)6/h14,16-17,20H,13H2,1-12H3,(H,24,25,26). The number of nitrogens with one attached hydrogen (secondary N) is 1. The first-order chi connectivity index (χ1) is 16.3. The highest BCUT2D eigenvalue weighted by Crippen LogP contribution is 2.50. The maximum atomic E-state index is 6.75. The lowest BCUT2D eigenvalue weighted by molar-refractivity contribution is -0.0464. The van der Waals surface area contributed by atoms with Crippen LogP contribution in [0.1, 0.15) is 6.23 Å². The third kappa shape index (κ3) is 6.62. The molecule has 202 valence electrons. The van der Waals surface area contributed by atoms with Crippen molar-refractivity contribution in [3.8, 4) is 5.88 Å². The van der Waals surface area contributed by atoms with E-state index in [1.54, 1.807) is 11.8 Å². The highest BCUT2D eigenvalue weighted by Gasteiger charge is 2.53. The van der Waals surface area contributed by atoms with E-state index in [1.807, 2.05) is 0 Å². The highest BCUT2D eigenvalue weighted by atomic mass is 32.2. The second-order valence-corrected chi connectivity index (χ2v) is 32.9. The van der Waals surface area contributed by atoms with Crippen LogP contribution >= 0.6 is 11.8 Å². The molecule has 0 amide bonds. The number of rotatable bonds is 9. The van der Waals surface area contributed by atoms with E-state index in [9.17, 15) is 0 Å². The minimum Gasteiger partial charge on any atom is -0.530 e. The summed E-state index contributed by atoms with van der Waals surface area (Å²) in [5.41, 5.74) is 1.43. The summed E-state index contributed by atoms with van der Waals surface area (Å²) in [6, 6.07) is 0. The van der Waals surface area contributed by atoms with Crippen LogP contribution in [0.4, 0.5) is 5.95 Å². The van der Waals surface area contributed by atoms with Crippen LogP contribution in [0.2, 0.25) is 78.6 Å². The van der Waals surface area contributed by atoms with E-state index in [0.29, 0.717) is 24.0 Å². The fourth-order valence-electron chi connectivity index (χ4n) is 4.17. The van der Waals surface area contributed by atoms with Crippen molar-refractivity contribution in [1.82, 2.24) is 19.5 Å². The van der Waals surface area contributed by atoms with Gasteiger partial charge < -0.3 is 23.0 Å². The Kier molecular flexibility index (Phi) is 7.43. The van der Waals surface area contributed by atoms with Gasteiger partial charge in [0, 0.05) is 0 Å². The Bertz CT molecular complexity index is 1120. The van der Waals surface area contributed by atoms with Crippen molar-refractivity contribution >= 4 is 62.1 Å². The first kappa shape index (κ1) is 28.3. The Labute approximate surface area is 223 Å². The van der Waals surface area contributed by atoms with Crippen molar-refractivity contribution in [2.75, 3.05) is 11.6 Å². The Morgan fingerprint density at radius 3 is 2.11 bits per heavy atom. The molecule has 1 saturated heterocycles. The number of hydrogen-bond acceptors (Lipinski definition) is 9. The van der Waals surface area contributed by atoms with E-state index in [-0.39, 0.29) is 23.7 Å². The van der Waals surface area contributed by atoms with Crippen molar-refractivity contribution in [1.29, 1.82) is 0 Å². The van der Waals surface area contributed by atoms with Gasteiger partial charge in [-0.15, -0.1) is 0 Å². The average molecular weight is 586 g/mol. The van der Waals surface area contributed by atoms with E-state index in [0.717, 1.165) is 10.8 Å². The Morgan fingerprint density at radius 2 is 1.56 bits per heavy atom. The number of imidazole rings is 1. The minimum atomic E-state index is -1.94. The molecule has 14 heteroatoms. The minimum absolute atomic E-state index is 0.0658. The molecule has 2 aliphatic heterocycles. The summed E-state index contributed by atoms with van der Waals surface area (Å²) in [6.45, 7) is 27.0. The maximum absolute atomic E-state index is 6.75. The zero-order valence-corrected chi connectivity index (χ0v) is 28.7. The normalized spacial score (nSPS) is 24.8. The molecular formula is C22H43N5O4SSi4. The average Bonchev–Trinajstić information content (AvgIpc) is 3.10. The predicted molar refractivity (Wildman–Crippen MR) is 157 cm³/mol. The first-order valence-electron chi connectivity index (χ1n) is 12.7. The van der Waals surface area contributed by atoms with E-state index < -0.39 is 33.2 Å². The number of ether oxygens (including phenoxy) is 1. The monoisotopic (exact) mass is 585 g/mol. The van der Waals surface area contributed by atoms with Crippen molar-refractivity contribution in [2.45, 2.75) is 107 Å². The molecule has 2 aromatic heterocycles. The van der Waals surface area contributed by atoms with Crippen LogP contribution in [-0.4, -0.2) is 76.8 Å². The molecule has 0 saturated carbocycles. The van der Waals surface area contributed by atoms with Gasteiger partial charge in [0.05, 0.1) is 18.0 Å². The molecule has 4 rings (SSSR count). The summed E-state index contributed by atoms with van der Waals surface area (Å²) in [6.07, 6.45) is -0.469. The zero-order chi connectivity index (χ0) is 26.8. The molecule has 1 N–H and O–H groups in total. The summed E-state index contributed by atoms with van der Waals surface area (Å²) in [5.74, 6) is 1.14. The number of hydrogen-bond donors (Lipinski definition) is 1. The van der Waals surface area contributed by atoms with Crippen LogP contribution in [-0.2, 0) is 13.6 Å². The van der Waals surface area contributed by atoms with Gasteiger partial charge in [-0.2, -0.15) is 9.97 Å². The van der Waals surface area contributed by atoms with Crippen molar-refractivity contribution in [3.05, 3.63) is 0 Å². The van der Waals surface area contributed by atoms with Crippen LogP contribution in [0.15, 0.2) is 5.16 Å². The van der Waals surface area contributed by atoms with E-state index in [2.05, 4.69) is 88.1 Å². The molecule has 4 unspecified atom stereocenters. The number of anilines is 1. The summed E-state index contributed by atoms with van der Waals surface area (Å²) < 4.78 is 28.3. The van der Waals surface area contributed by atoms with Gasteiger partial charge in [-0.1, -0.05) is 31.4 Å². The zero-order valence-electron chi connectivity index (χ0n) is 23.8.